The van der Waals surface area contributed by atoms with E-state index in [-0.39, 0.29) is 0 Å². The van der Waals surface area contributed by atoms with Gasteiger partial charge in [-0.05, 0) is 46.2 Å². The van der Waals surface area contributed by atoms with Crippen LogP contribution in [0.1, 0.15) is 10.4 Å². The highest BCUT2D eigenvalue weighted by Gasteiger charge is 2.06. The van der Waals surface area contributed by atoms with Crippen LogP contribution < -0.4 is 0 Å². The lowest BCUT2D eigenvalue weighted by Gasteiger charge is -1.93. The van der Waals surface area contributed by atoms with Crippen molar-refractivity contribution >= 4 is 55.6 Å². The number of fused-ring (bicyclic) bond motifs is 1. The molecule has 70 valence electrons. The first-order valence-corrected chi connectivity index (χ1v) is 6.35. The maximum absolute atomic E-state index is 8.96. The van der Waals surface area contributed by atoms with Crippen LogP contribution in [0, 0.1) is 14.9 Å². The van der Waals surface area contributed by atoms with Crippen molar-refractivity contribution in [3.05, 3.63) is 32.2 Å². The number of rotatable bonds is 1. The Morgan fingerprint density at radius 2 is 2.21 bits per heavy atom. The first-order valence-electron chi connectivity index (χ1n) is 3.92. The van der Waals surface area contributed by atoms with Crippen LogP contribution >= 0.6 is 45.5 Å². The zero-order valence-electron chi connectivity index (χ0n) is 7.05. The van der Waals surface area contributed by atoms with Gasteiger partial charge in [-0.15, -0.1) is 22.9 Å². The van der Waals surface area contributed by atoms with Crippen LogP contribution in [0.25, 0.3) is 10.1 Å². The van der Waals surface area contributed by atoms with Crippen LogP contribution in [0.2, 0.25) is 0 Å². The van der Waals surface area contributed by atoms with Gasteiger partial charge < -0.3 is 0 Å². The molecule has 1 heterocycles. The van der Waals surface area contributed by atoms with Gasteiger partial charge in [-0.25, -0.2) is 0 Å². The zero-order chi connectivity index (χ0) is 10.1. The van der Waals surface area contributed by atoms with Crippen molar-refractivity contribution in [3.8, 4) is 6.07 Å². The molecule has 0 aliphatic rings. The quantitative estimate of drug-likeness (QED) is 0.569. The van der Waals surface area contributed by atoms with Crippen LogP contribution in [0.3, 0.4) is 0 Å². The summed E-state index contributed by atoms with van der Waals surface area (Å²) in [5.74, 6) is 0.515. The predicted octanol–water partition coefficient (Wildman–Crippen LogP) is 4.12. The average molecular weight is 334 g/mol. The maximum atomic E-state index is 8.96. The Morgan fingerprint density at radius 1 is 1.43 bits per heavy atom. The largest absolute Gasteiger partial charge is 0.192 e. The molecule has 4 heteroatoms. The van der Waals surface area contributed by atoms with E-state index in [4.69, 9.17) is 16.9 Å². The summed E-state index contributed by atoms with van der Waals surface area (Å²) in [6.07, 6.45) is 0. The number of hydrogen-bond acceptors (Lipinski definition) is 2. The molecule has 0 radical (unpaired) electrons. The van der Waals surface area contributed by atoms with Crippen molar-refractivity contribution in [2.24, 2.45) is 0 Å². The zero-order valence-corrected chi connectivity index (χ0v) is 10.8. The lowest BCUT2D eigenvalue weighted by atomic mass is 10.2. The first kappa shape index (κ1) is 10.2. The normalized spacial score (nSPS) is 10.4. The van der Waals surface area contributed by atoms with Gasteiger partial charge in [0.2, 0.25) is 0 Å². The highest BCUT2D eigenvalue weighted by atomic mass is 127. The van der Waals surface area contributed by atoms with Crippen LogP contribution in [0.15, 0.2) is 18.2 Å². The molecule has 0 bridgehead atoms. The minimum absolute atomic E-state index is 0.515. The average Bonchev–Trinajstić information content (AvgIpc) is 2.59. The number of nitriles is 1. The van der Waals surface area contributed by atoms with Gasteiger partial charge in [0.1, 0.15) is 6.07 Å². The summed E-state index contributed by atoms with van der Waals surface area (Å²) in [6, 6.07) is 8.24. The predicted molar refractivity (Wildman–Crippen MR) is 68.8 cm³/mol. The lowest BCUT2D eigenvalue weighted by molar-refractivity contribution is 1.50. The van der Waals surface area contributed by atoms with E-state index in [1.54, 1.807) is 11.3 Å². The molecule has 0 fully saturated rings. The molecule has 1 aromatic heterocycles. The van der Waals surface area contributed by atoms with Gasteiger partial charge in [0.15, 0.2) is 0 Å². The van der Waals surface area contributed by atoms with E-state index < -0.39 is 0 Å². The standard InChI is InChI=1S/C10H5ClINS/c11-4-9-3-6-1-8(12)2-7(5-13)10(6)14-9/h1-3H,4H2. The van der Waals surface area contributed by atoms with Gasteiger partial charge >= 0.3 is 0 Å². The molecule has 0 spiro atoms. The Morgan fingerprint density at radius 3 is 2.86 bits per heavy atom. The molecule has 0 saturated heterocycles. The summed E-state index contributed by atoms with van der Waals surface area (Å²) < 4.78 is 2.13. The molecule has 0 N–H and O–H groups in total. The SMILES string of the molecule is N#Cc1cc(I)cc2cc(CCl)sc12. The van der Waals surface area contributed by atoms with E-state index in [1.165, 1.54) is 0 Å². The number of hydrogen-bond donors (Lipinski definition) is 0. The van der Waals surface area contributed by atoms with Gasteiger partial charge in [0.05, 0.1) is 16.1 Å². The fourth-order valence-electron chi connectivity index (χ4n) is 1.32. The number of benzene rings is 1. The Bertz CT molecular complexity index is 527. The van der Waals surface area contributed by atoms with Crippen molar-refractivity contribution in [2.75, 3.05) is 0 Å². The van der Waals surface area contributed by atoms with Crippen LogP contribution in [0.4, 0.5) is 0 Å². The van der Waals surface area contributed by atoms with Gasteiger partial charge in [-0.2, -0.15) is 5.26 Å². The Labute approximate surface area is 104 Å². The van der Waals surface area contributed by atoms with E-state index in [2.05, 4.69) is 40.8 Å². The Hall–Kier alpha value is -0.310. The smallest absolute Gasteiger partial charge is 0.101 e. The topological polar surface area (TPSA) is 23.8 Å². The van der Waals surface area contributed by atoms with Gasteiger partial charge in [0, 0.05) is 8.45 Å². The van der Waals surface area contributed by atoms with Crippen molar-refractivity contribution in [3.63, 3.8) is 0 Å². The molecule has 1 aromatic carbocycles. The molecule has 0 atom stereocenters. The molecular formula is C10H5ClINS. The summed E-state index contributed by atoms with van der Waals surface area (Å²) >= 11 is 9.58. The lowest BCUT2D eigenvalue weighted by Crippen LogP contribution is -1.76. The van der Waals surface area contributed by atoms with E-state index in [0.717, 1.165) is 24.1 Å². The van der Waals surface area contributed by atoms with E-state index in [9.17, 15) is 0 Å². The second-order valence-electron chi connectivity index (χ2n) is 2.83. The van der Waals surface area contributed by atoms with Crippen LogP contribution in [0.5, 0.6) is 0 Å². The number of halogens is 2. The summed E-state index contributed by atoms with van der Waals surface area (Å²) in [5.41, 5.74) is 0.744. The number of thiophene rings is 1. The minimum Gasteiger partial charge on any atom is -0.192 e. The summed E-state index contributed by atoms with van der Waals surface area (Å²) in [6.45, 7) is 0. The van der Waals surface area contributed by atoms with Crippen molar-refractivity contribution in [1.82, 2.24) is 0 Å². The highest BCUT2D eigenvalue weighted by molar-refractivity contribution is 14.1. The molecule has 0 unspecified atom stereocenters. The first-order chi connectivity index (χ1) is 6.74. The van der Waals surface area contributed by atoms with Gasteiger partial charge in [0.25, 0.3) is 0 Å². The monoisotopic (exact) mass is 333 g/mol. The molecule has 0 saturated carbocycles. The Balaban J connectivity index is 2.79. The molecule has 1 nitrogen and oxygen atoms in total. The molecule has 14 heavy (non-hydrogen) atoms. The van der Waals surface area contributed by atoms with E-state index in [0.29, 0.717) is 5.88 Å². The third-order valence-electron chi connectivity index (χ3n) is 1.88. The highest BCUT2D eigenvalue weighted by Crippen LogP contribution is 2.31. The van der Waals surface area contributed by atoms with Crippen molar-refractivity contribution in [1.29, 1.82) is 5.26 Å². The van der Waals surface area contributed by atoms with E-state index >= 15 is 0 Å². The molecule has 0 aliphatic carbocycles. The number of nitrogens with zero attached hydrogens (tertiary/aromatic N) is 1. The minimum atomic E-state index is 0.515. The summed E-state index contributed by atoms with van der Waals surface area (Å²) in [5, 5.41) is 10.1. The molecule has 0 amide bonds. The maximum Gasteiger partial charge on any atom is 0.101 e. The fourth-order valence-corrected chi connectivity index (χ4v) is 3.16. The Kier molecular flexibility index (Phi) is 2.96. The second-order valence-corrected chi connectivity index (χ2v) is 5.48. The van der Waals surface area contributed by atoms with Gasteiger partial charge in [-0.1, -0.05) is 0 Å². The molecule has 2 aromatic rings. The van der Waals surface area contributed by atoms with Crippen molar-refractivity contribution < 1.29 is 0 Å². The molecule has 2 rings (SSSR count). The molecular weight excluding hydrogens is 329 g/mol. The third kappa shape index (κ3) is 1.74. The fraction of sp³-hybridized carbons (Fsp3) is 0.100. The molecule has 0 aliphatic heterocycles. The van der Waals surface area contributed by atoms with Gasteiger partial charge in [-0.3, -0.25) is 0 Å². The van der Waals surface area contributed by atoms with E-state index in [1.807, 2.05) is 6.07 Å². The number of alkyl halides is 1. The second kappa shape index (κ2) is 4.05. The summed E-state index contributed by atoms with van der Waals surface area (Å²) in [4.78, 5) is 1.11. The third-order valence-corrected chi connectivity index (χ3v) is 4.14. The summed E-state index contributed by atoms with van der Waals surface area (Å²) in [7, 11) is 0. The van der Waals surface area contributed by atoms with Crippen molar-refractivity contribution in [2.45, 2.75) is 5.88 Å². The van der Waals surface area contributed by atoms with Crippen LogP contribution in [-0.4, -0.2) is 0 Å². The van der Waals surface area contributed by atoms with Crippen LogP contribution in [-0.2, 0) is 5.88 Å².